The second-order valence-electron chi connectivity index (χ2n) is 5.57. The van der Waals surface area contributed by atoms with E-state index in [1.807, 2.05) is 0 Å². The van der Waals surface area contributed by atoms with Gasteiger partial charge in [0.2, 0.25) is 5.78 Å². The van der Waals surface area contributed by atoms with E-state index in [0.29, 0.717) is 6.42 Å². The highest BCUT2D eigenvalue weighted by molar-refractivity contribution is 6.03. The number of rotatable bonds is 3. The van der Waals surface area contributed by atoms with Crippen LogP contribution in [-0.2, 0) is 12.6 Å². The Morgan fingerprint density at radius 3 is 2.52 bits per heavy atom. The first-order valence-corrected chi connectivity index (χ1v) is 7.43. The van der Waals surface area contributed by atoms with Crippen LogP contribution in [0.15, 0.2) is 42.6 Å². The van der Waals surface area contributed by atoms with Gasteiger partial charge in [-0.25, -0.2) is 0 Å². The summed E-state index contributed by atoms with van der Waals surface area (Å²) in [5, 5.41) is 10.2. The number of fused-ring (bicyclic) bond motifs is 1. The predicted molar refractivity (Wildman–Crippen MR) is 80.8 cm³/mol. The number of ketones is 1. The summed E-state index contributed by atoms with van der Waals surface area (Å²) in [7, 11) is 0. The molecule has 8 heteroatoms. The summed E-state index contributed by atoms with van der Waals surface area (Å²) in [5.74, 6) is -1.43. The molecule has 1 aliphatic heterocycles. The van der Waals surface area contributed by atoms with E-state index < -0.39 is 29.7 Å². The summed E-state index contributed by atoms with van der Waals surface area (Å²) in [4.78, 5) is 29.6. The van der Waals surface area contributed by atoms with E-state index in [1.165, 1.54) is 6.20 Å². The third kappa shape index (κ3) is 3.25. The zero-order valence-electron chi connectivity index (χ0n) is 12.8. The summed E-state index contributed by atoms with van der Waals surface area (Å²) in [5.41, 5.74) is -0.128. The first-order chi connectivity index (χ1) is 11.8. The molecule has 2 aromatic rings. The largest absolute Gasteiger partial charge is 0.416 e. The molecule has 1 aromatic heterocycles. The van der Waals surface area contributed by atoms with E-state index in [-0.39, 0.29) is 17.8 Å². The Balaban J connectivity index is 1.80. The van der Waals surface area contributed by atoms with Crippen LogP contribution in [-0.4, -0.2) is 39.5 Å². The van der Waals surface area contributed by atoms with Gasteiger partial charge < -0.3 is 10.0 Å². The number of carbonyl (C=O) groups excluding carboxylic acids is 2. The van der Waals surface area contributed by atoms with E-state index in [4.69, 9.17) is 0 Å². The SMILES string of the molecule is O=C(c1ccc(C(F)(F)F)cc1)C(O)N1CCc2cccnc2C1=O. The molecule has 3 rings (SSSR count). The van der Waals surface area contributed by atoms with Crippen molar-refractivity contribution < 1.29 is 27.9 Å². The van der Waals surface area contributed by atoms with Gasteiger partial charge in [-0.2, -0.15) is 13.2 Å². The van der Waals surface area contributed by atoms with Crippen molar-refractivity contribution in [2.75, 3.05) is 6.54 Å². The summed E-state index contributed by atoms with van der Waals surface area (Å²) >= 11 is 0. The molecular formula is C17H13F3N2O3. The summed E-state index contributed by atoms with van der Waals surface area (Å²) < 4.78 is 37.7. The number of Topliss-reactive ketones (excluding diaryl/α,β-unsaturated/α-hetero) is 1. The van der Waals surface area contributed by atoms with Gasteiger partial charge in [0.25, 0.3) is 5.91 Å². The van der Waals surface area contributed by atoms with Crippen molar-refractivity contribution in [2.24, 2.45) is 0 Å². The molecule has 1 unspecified atom stereocenters. The van der Waals surface area contributed by atoms with E-state index in [9.17, 15) is 27.9 Å². The molecule has 0 saturated heterocycles. The fourth-order valence-electron chi connectivity index (χ4n) is 2.66. The maximum Gasteiger partial charge on any atom is 0.416 e. The van der Waals surface area contributed by atoms with Gasteiger partial charge in [-0.3, -0.25) is 14.6 Å². The van der Waals surface area contributed by atoms with Gasteiger partial charge in [0.15, 0.2) is 6.23 Å². The van der Waals surface area contributed by atoms with Crippen LogP contribution in [0.2, 0.25) is 0 Å². The Morgan fingerprint density at radius 2 is 1.88 bits per heavy atom. The second-order valence-corrected chi connectivity index (χ2v) is 5.57. The number of benzene rings is 1. The number of aromatic nitrogens is 1. The zero-order chi connectivity index (χ0) is 18.2. The molecule has 1 atom stereocenters. The van der Waals surface area contributed by atoms with E-state index in [2.05, 4.69) is 4.98 Å². The van der Waals surface area contributed by atoms with Gasteiger partial charge in [0.1, 0.15) is 5.69 Å². The van der Waals surface area contributed by atoms with Crippen molar-refractivity contribution in [3.05, 3.63) is 65.0 Å². The first-order valence-electron chi connectivity index (χ1n) is 7.43. The highest BCUT2D eigenvalue weighted by Crippen LogP contribution is 2.29. The normalized spacial score (nSPS) is 15.7. The third-order valence-electron chi connectivity index (χ3n) is 4.00. The standard InChI is InChI=1S/C17H13F3N2O3/c18-17(19,20)12-5-3-11(4-6-12)14(23)16(25)22-9-7-10-2-1-8-21-13(10)15(22)24/h1-6,8,16,25H,7,9H2. The number of pyridine rings is 1. The van der Waals surface area contributed by atoms with Crippen LogP contribution in [0.4, 0.5) is 13.2 Å². The van der Waals surface area contributed by atoms with Crippen LogP contribution in [0.5, 0.6) is 0 Å². The number of halogens is 3. The molecule has 1 aliphatic rings. The molecule has 2 heterocycles. The molecule has 1 N–H and O–H groups in total. The first kappa shape index (κ1) is 17.1. The Kier molecular flexibility index (Phi) is 4.30. The third-order valence-corrected chi connectivity index (χ3v) is 4.00. The molecule has 0 bridgehead atoms. The Hall–Kier alpha value is -2.74. The van der Waals surface area contributed by atoms with Gasteiger partial charge >= 0.3 is 6.18 Å². The molecule has 130 valence electrons. The minimum Gasteiger partial charge on any atom is -0.366 e. The van der Waals surface area contributed by atoms with Gasteiger partial charge in [-0.1, -0.05) is 18.2 Å². The fourth-order valence-corrected chi connectivity index (χ4v) is 2.66. The lowest BCUT2D eigenvalue weighted by molar-refractivity contribution is -0.137. The Bertz CT molecular complexity index is 819. The van der Waals surface area contributed by atoms with Gasteiger partial charge in [-0.05, 0) is 30.2 Å². The smallest absolute Gasteiger partial charge is 0.366 e. The molecule has 0 spiro atoms. The number of hydrogen-bond donors (Lipinski definition) is 1. The number of aliphatic hydroxyl groups excluding tert-OH is 1. The van der Waals surface area contributed by atoms with Crippen LogP contribution >= 0.6 is 0 Å². The molecule has 0 radical (unpaired) electrons. The maximum atomic E-state index is 12.6. The molecule has 25 heavy (non-hydrogen) atoms. The topological polar surface area (TPSA) is 70.5 Å². The van der Waals surface area contributed by atoms with Crippen molar-refractivity contribution in [3.8, 4) is 0 Å². The number of carbonyl (C=O) groups is 2. The van der Waals surface area contributed by atoms with E-state index in [0.717, 1.165) is 34.7 Å². The number of nitrogens with zero attached hydrogens (tertiary/aromatic N) is 2. The van der Waals surface area contributed by atoms with Gasteiger partial charge in [0, 0.05) is 18.3 Å². The van der Waals surface area contributed by atoms with Crippen molar-refractivity contribution in [2.45, 2.75) is 18.8 Å². The maximum absolute atomic E-state index is 12.6. The van der Waals surface area contributed by atoms with Crippen LogP contribution in [0.25, 0.3) is 0 Å². The molecule has 0 fully saturated rings. The Morgan fingerprint density at radius 1 is 1.20 bits per heavy atom. The minimum absolute atomic E-state index is 0.111. The fraction of sp³-hybridized carbons (Fsp3) is 0.235. The number of amides is 1. The monoisotopic (exact) mass is 350 g/mol. The van der Waals surface area contributed by atoms with E-state index in [1.54, 1.807) is 12.1 Å². The van der Waals surface area contributed by atoms with Gasteiger partial charge in [0.05, 0.1) is 5.56 Å². The second kappa shape index (κ2) is 6.29. The van der Waals surface area contributed by atoms with Crippen LogP contribution < -0.4 is 0 Å². The lowest BCUT2D eigenvalue weighted by Crippen LogP contribution is -2.48. The number of alkyl halides is 3. The average molecular weight is 350 g/mol. The quantitative estimate of drug-likeness (QED) is 0.863. The van der Waals surface area contributed by atoms with Crippen LogP contribution in [0.3, 0.4) is 0 Å². The number of hydrogen-bond acceptors (Lipinski definition) is 4. The summed E-state index contributed by atoms with van der Waals surface area (Å²) in [6.07, 6.45) is -4.44. The molecule has 5 nitrogen and oxygen atoms in total. The Labute approximate surface area is 140 Å². The van der Waals surface area contributed by atoms with Crippen molar-refractivity contribution in [1.29, 1.82) is 0 Å². The van der Waals surface area contributed by atoms with Gasteiger partial charge in [-0.15, -0.1) is 0 Å². The van der Waals surface area contributed by atoms with Crippen LogP contribution in [0.1, 0.15) is 32.0 Å². The zero-order valence-corrected chi connectivity index (χ0v) is 12.8. The lowest BCUT2D eigenvalue weighted by Gasteiger charge is -2.31. The molecule has 1 aromatic carbocycles. The molecule has 1 amide bonds. The summed E-state index contributed by atoms with van der Waals surface area (Å²) in [6, 6.07) is 6.90. The van der Waals surface area contributed by atoms with Crippen molar-refractivity contribution >= 4 is 11.7 Å². The highest BCUT2D eigenvalue weighted by Gasteiger charge is 2.35. The number of aliphatic hydroxyl groups is 1. The minimum atomic E-state index is -4.52. The van der Waals surface area contributed by atoms with Crippen molar-refractivity contribution in [3.63, 3.8) is 0 Å². The summed E-state index contributed by atoms with van der Waals surface area (Å²) in [6.45, 7) is 0.116. The molecule has 0 aliphatic carbocycles. The highest BCUT2D eigenvalue weighted by atomic mass is 19.4. The molecular weight excluding hydrogens is 337 g/mol. The van der Waals surface area contributed by atoms with Crippen LogP contribution in [0, 0.1) is 0 Å². The average Bonchev–Trinajstić information content (AvgIpc) is 2.60. The lowest BCUT2D eigenvalue weighted by atomic mass is 10.0. The van der Waals surface area contributed by atoms with E-state index >= 15 is 0 Å². The molecule has 0 saturated carbocycles. The predicted octanol–water partition coefficient (Wildman–Crippen LogP) is 2.30. The van der Waals surface area contributed by atoms with Crippen molar-refractivity contribution in [1.82, 2.24) is 9.88 Å².